The Bertz CT molecular complexity index is 510. The van der Waals surface area contributed by atoms with E-state index in [0.717, 1.165) is 0 Å². The monoisotopic (exact) mass is 348 g/mol. The van der Waals surface area contributed by atoms with Crippen LogP contribution in [0.3, 0.4) is 0 Å². The Balaban J connectivity index is 2.00. The number of nitrogens with zero attached hydrogens (tertiary/aromatic N) is 2. The Morgan fingerprint density at radius 2 is 2.00 bits per heavy atom. The molecule has 0 bridgehead atoms. The average Bonchev–Trinajstić information content (AvgIpc) is 2.97. The van der Waals surface area contributed by atoms with Crippen molar-refractivity contribution in [3.05, 3.63) is 0 Å². The number of hydrogen-bond acceptors (Lipinski definition) is 5. The number of piperidine rings is 1. The van der Waals surface area contributed by atoms with Gasteiger partial charge in [-0.15, -0.1) is 0 Å². The van der Waals surface area contributed by atoms with Crippen LogP contribution in [0.25, 0.3) is 0 Å². The van der Waals surface area contributed by atoms with Crippen LogP contribution in [-0.4, -0.2) is 79.9 Å². The molecule has 0 saturated carbocycles. The molecule has 0 aromatic heterocycles. The molecule has 134 valence electrons. The normalized spacial score (nSPS) is 29.9. The summed E-state index contributed by atoms with van der Waals surface area (Å²) in [5, 5.41) is 9.45. The molecule has 2 aliphatic heterocycles. The third kappa shape index (κ3) is 4.23. The molecule has 2 aliphatic rings. The van der Waals surface area contributed by atoms with Gasteiger partial charge < -0.3 is 14.7 Å². The standard InChI is InChI=1S/C15H28N2O5S/c1-3-22-14-10-16(8-13(14)11-18)15(19)12-6-5-7-17(9-12)23(20,21)4-2/h12-14,18H,3-11H2,1-2H3. The molecule has 23 heavy (non-hydrogen) atoms. The second-order valence-electron chi connectivity index (χ2n) is 6.28. The van der Waals surface area contributed by atoms with Crippen molar-refractivity contribution in [1.82, 2.24) is 9.21 Å². The van der Waals surface area contributed by atoms with Crippen LogP contribution in [0.2, 0.25) is 0 Å². The maximum Gasteiger partial charge on any atom is 0.227 e. The largest absolute Gasteiger partial charge is 0.396 e. The second-order valence-corrected chi connectivity index (χ2v) is 8.53. The Hall–Kier alpha value is -0.700. The van der Waals surface area contributed by atoms with Gasteiger partial charge in [-0.1, -0.05) is 0 Å². The smallest absolute Gasteiger partial charge is 0.227 e. The predicted molar refractivity (Wildman–Crippen MR) is 86.3 cm³/mol. The van der Waals surface area contributed by atoms with Gasteiger partial charge in [-0.05, 0) is 26.7 Å². The molecule has 3 atom stereocenters. The summed E-state index contributed by atoms with van der Waals surface area (Å²) < 4.78 is 31.1. The lowest BCUT2D eigenvalue weighted by molar-refractivity contribution is -0.136. The van der Waals surface area contributed by atoms with Gasteiger partial charge >= 0.3 is 0 Å². The van der Waals surface area contributed by atoms with Gasteiger partial charge in [-0.25, -0.2) is 12.7 Å². The topological polar surface area (TPSA) is 87.2 Å². The first-order valence-electron chi connectivity index (χ1n) is 8.42. The van der Waals surface area contributed by atoms with Gasteiger partial charge in [0.05, 0.1) is 24.4 Å². The summed E-state index contributed by atoms with van der Waals surface area (Å²) in [6.07, 6.45) is 1.30. The highest BCUT2D eigenvalue weighted by atomic mass is 32.2. The van der Waals surface area contributed by atoms with Crippen molar-refractivity contribution in [2.24, 2.45) is 11.8 Å². The molecule has 7 nitrogen and oxygen atoms in total. The summed E-state index contributed by atoms with van der Waals surface area (Å²) in [5.41, 5.74) is 0. The third-order valence-corrected chi connectivity index (χ3v) is 6.65. The highest BCUT2D eigenvalue weighted by Crippen LogP contribution is 2.26. The maximum atomic E-state index is 12.7. The molecule has 0 radical (unpaired) electrons. The summed E-state index contributed by atoms with van der Waals surface area (Å²) in [4.78, 5) is 14.5. The van der Waals surface area contributed by atoms with Crippen LogP contribution in [0.1, 0.15) is 26.7 Å². The van der Waals surface area contributed by atoms with Gasteiger partial charge in [0.15, 0.2) is 0 Å². The number of rotatable bonds is 6. The lowest BCUT2D eigenvalue weighted by Crippen LogP contribution is -2.46. The number of likely N-dealkylation sites (tertiary alicyclic amines) is 1. The number of ether oxygens (including phenoxy) is 1. The lowest BCUT2D eigenvalue weighted by atomic mass is 9.98. The van der Waals surface area contributed by atoms with Crippen LogP contribution in [-0.2, 0) is 19.6 Å². The fraction of sp³-hybridized carbons (Fsp3) is 0.933. The molecule has 3 unspecified atom stereocenters. The SMILES string of the molecule is CCOC1CN(C(=O)C2CCCN(S(=O)(=O)CC)C2)CC1CO. The van der Waals surface area contributed by atoms with E-state index in [-0.39, 0.29) is 42.8 Å². The van der Waals surface area contributed by atoms with E-state index < -0.39 is 10.0 Å². The van der Waals surface area contributed by atoms with Gasteiger partial charge in [-0.2, -0.15) is 0 Å². The minimum absolute atomic E-state index is 0.00451. The van der Waals surface area contributed by atoms with Crippen molar-refractivity contribution in [2.45, 2.75) is 32.8 Å². The summed E-state index contributed by atoms with van der Waals surface area (Å²) in [7, 11) is -3.25. The van der Waals surface area contributed by atoms with Gasteiger partial charge in [-0.3, -0.25) is 4.79 Å². The van der Waals surface area contributed by atoms with Crippen LogP contribution in [0.4, 0.5) is 0 Å². The van der Waals surface area contributed by atoms with Gasteiger partial charge in [0.2, 0.25) is 15.9 Å². The fourth-order valence-electron chi connectivity index (χ4n) is 3.44. The highest BCUT2D eigenvalue weighted by Gasteiger charge is 2.39. The minimum Gasteiger partial charge on any atom is -0.396 e. The molecule has 8 heteroatoms. The van der Waals surface area contributed by atoms with E-state index in [2.05, 4.69) is 0 Å². The Morgan fingerprint density at radius 1 is 1.26 bits per heavy atom. The molecule has 0 spiro atoms. The van der Waals surface area contributed by atoms with Crippen LogP contribution in [0.15, 0.2) is 0 Å². The summed E-state index contributed by atoms with van der Waals surface area (Å²) >= 11 is 0. The molecular weight excluding hydrogens is 320 g/mol. The molecular formula is C15H28N2O5S. The number of amides is 1. The van der Waals surface area contributed by atoms with Gasteiger partial charge in [0.1, 0.15) is 0 Å². The van der Waals surface area contributed by atoms with Crippen LogP contribution in [0, 0.1) is 11.8 Å². The zero-order valence-corrected chi connectivity index (χ0v) is 14.8. The molecule has 1 N–H and O–H groups in total. The van der Waals surface area contributed by atoms with Crippen LogP contribution >= 0.6 is 0 Å². The van der Waals surface area contributed by atoms with E-state index in [1.165, 1.54) is 4.31 Å². The second kappa shape index (κ2) is 7.92. The van der Waals surface area contributed by atoms with E-state index >= 15 is 0 Å². The van der Waals surface area contributed by atoms with Crippen molar-refractivity contribution in [2.75, 3.05) is 45.1 Å². The predicted octanol–water partition coefficient (Wildman–Crippen LogP) is -0.0961. The summed E-state index contributed by atoms with van der Waals surface area (Å²) in [5.74, 6) is -0.291. The molecule has 2 fully saturated rings. The molecule has 2 heterocycles. The van der Waals surface area contributed by atoms with E-state index in [1.807, 2.05) is 6.92 Å². The van der Waals surface area contributed by atoms with Crippen LogP contribution < -0.4 is 0 Å². The zero-order valence-electron chi connectivity index (χ0n) is 14.0. The highest BCUT2D eigenvalue weighted by molar-refractivity contribution is 7.89. The molecule has 2 rings (SSSR count). The first-order chi connectivity index (χ1) is 10.9. The van der Waals surface area contributed by atoms with Crippen molar-refractivity contribution < 1.29 is 23.1 Å². The number of aliphatic hydroxyl groups is 1. The van der Waals surface area contributed by atoms with E-state index in [1.54, 1.807) is 11.8 Å². The Kier molecular flexibility index (Phi) is 6.41. The molecule has 0 aromatic carbocycles. The molecule has 0 aromatic rings. The van der Waals surface area contributed by atoms with Gasteiger partial charge in [0.25, 0.3) is 0 Å². The van der Waals surface area contributed by atoms with Gasteiger partial charge in [0, 0.05) is 38.7 Å². The maximum absolute atomic E-state index is 12.7. The third-order valence-electron chi connectivity index (χ3n) is 4.80. The number of aliphatic hydroxyl groups excluding tert-OH is 1. The van der Waals surface area contributed by atoms with Crippen molar-refractivity contribution in [3.63, 3.8) is 0 Å². The Labute approximate surface area is 138 Å². The quantitative estimate of drug-likeness (QED) is 0.724. The van der Waals surface area contributed by atoms with Crippen molar-refractivity contribution in [3.8, 4) is 0 Å². The average molecular weight is 348 g/mol. The minimum atomic E-state index is -3.25. The summed E-state index contributed by atoms with van der Waals surface area (Å²) in [6, 6.07) is 0. The number of carbonyl (C=O) groups is 1. The van der Waals surface area contributed by atoms with E-state index in [0.29, 0.717) is 39.1 Å². The summed E-state index contributed by atoms with van der Waals surface area (Å²) in [6.45, 7) is 5.80. The fourth-order valence-corrected chi connectivity index (χ4v) is 4.62. The Morgan fingerprint density at radius 3 is 2.61 bits per heavy atom. The van der Waals surface area contributed by atoms with E-state index in [4.69, 9.17) is 4.74 Å². The van der Waals surface area contributed by atoms with Crippen molar-refractivity contribution >= 4 is 15.9 Å². The lowest BCUT2D eigenvalue weighted by Gasteiger charge is -2.33. The number of sulfonamides is 1. The van der Waals surface area contributed by atoms with Crippen molar-refractivity contribution in [1.29, 1.82) is 0 Å². The molecule has 1 amide bonds. The molecule has 0 aliphatic carbocycles. The first-order valence-corrected chi connectivity index (χ1v) is 10.0. The number of carbonyl (C=O) groups excluding carboxylic acids is 1. The zero-order chi connectivity index (χ0) is 17.0. The van der Waals surface area contributed by atoms with Crippen LogP contribution in [0.5, 0.6) is 0 Å². The first kappa shape index (κ1) is 18.6. The molecule has 2 saturated heterocycles. The van der Waals surface area contributed by atoms with E-state index in [9.17, 15) is 18.3 Å². The number of hydrogen-bond donors (Lipinski definition) is 1.